The van der Waals surface area contributed by atoms with Crippen LogP contribution in [0.15, 0.2) is 24.3 Å². The number of nitrogens with zero attached hydrogens (tertiary/aromatic N) is 1. The van der Waals surface area contributed by atoms with Crippen molar-refractivity contribution in [3.8, 4) is 5.75 Å². The van der Waals surface area contributed by atoms with E-state index < -0.39 is 0 Å². The summed E-state index contributed by atoms with van der Waals surface area (Å²) in [4.78, 5) is 13.6. The van der Waals surface area contributed by atoms with Crippen molar-refractivity contribution in [3.05, 3.63) is 29.8 Å². The maximum Gasteiger partial charge on any atom is 0.251 e. The molecule has 0 fully saturated rings. The molecule has 0 spiro atoms. The molecule has 1 aromatic carbocycles. The molecular weight excluding hydrogens is 230 g/mol. The van der Waals surface area contributed by atoms with E-state index >= 15 is 0 Å². The first-order chi connectivity index (χ1) is 8.62. The number of amides is 1. The lowest BCUT2D eigenvalue weighted by molar-refractivity contribution is -0.126. The summed E-state index contributed by atoms with van der Waals surface area (Å²) in [7, 11) is 3.55. The molecule has 5 nitrogen and oxygen atoms in total. The summed E-state index contributed by atoms with van der Waals surface area (Å²) in [5, 5.41) is 0. The monoisotopic (exact) mass is 251 g/mol. The number of nitrogens with two attached hydrogens (primary N) is 1. The highest BCUT2D eigenvalue weighted by Gasteiger charge is 2.20. The van der Waals surface area contributed by atoms with E-state index in [4.69, 9.17) is 10.6 Å². The Labute approximate surface area is 108 Å². The number of ether oxygens (including phenoxy) is 1. The van der Waals surface area contributed by atoms with Gasteiger partial charge in [-0.15, -0.1) is 0 Å². The Hall–Kier alpha value is -1.59. The smallest absolute Gasteiger partial charge is 0.251 e. The summed E-state index contributed by atoms with van der Waals surface area (Å²) in [6.07, 6.45) is 0.718. The van der Waals surface area contributed by atoms with Gasteiger partial charge in [-0.05, 0) is 31.2 Å². The molecule has 0 aliphatic rings. The first-order valence-electron chi connectivity index (χ1n) is 5.96. The van der Waals surface area contributed by atoms with Gasteiger partial charge >= 0.3 is 0 Å². The topological polar surface area (TPSA) is 67.6 Å². The van der Waals surface area contributed by atoms with Crippen molar-refractivity contribution in [2.45, 2.75) is 25.9 Å². The van der Waals surface area contributed by atoms with Crippen LogP contribution in [-0.2, 0) is 11.3 Å². The number of carbonyl (C=O) groups is 1. The van der Waals surface area contributed by atoms with E-state index in [1.54, 1.807) is 7.11 Å². The Kier molecular flexibility index (Phi) is 5.61. The molecule has 0 heterocycles. The molecule has 0 aliphatic carbocycles. The van der Waals surface area contributed by atoms with E-state index in [0.29, 0.717) is 6.54 Å². The van der Waals surface area contributed by atoms with Crippen molar-refractivity contribution in [1.82, 2.24) is 10.3 Å². The molecule has 5 heteroatoms. The molecule has 0 saturated heterocycles. The van der Waals surface area contributed by atoms with Gasteiger partial charge in [-0.25, -0.2) is 5.84 Å². The summed E-state index contributed by atoms with van der Waals surface area (Å²) in [6.45, 7) is 2.65. The lowest BCUT2D eigenvalue weighted by Crippen LogP contribution is -2.46. The Morgan fingerprint density at radius 3 is 2.50 bits per heavy atom. The largest absolute Gasteiger partial charge is 0.497 e. The van der Waals surface area contributed by atoms with Gasteiger partial charge in [0.2, 0.25) is 0 Å². The lowest BCUT2D eigenvalue weighted by atomic mass is 10.1. The highest BCUT2D eigenvalue weighted by atomic mass is 16.5. The van der Waals surface area contributed by atoms with Crippen LogP contribution in [0.25, 0.3) is 0 Å². The van der Waals surface area contributed by atoms with Crippen LogP contribution in [0.4, 0.5) is 0 Å². The fourth-order valence-corrected chi connectivity index (χ4v) is 1.92. The standard InChI is InChI=1S/C13H21N3O2/c1-4-12(13(17)15-14)16(2)9-10-5-7-11(18-3)8-6-10/h5-8,12H,4,9,14H2,1-3H3,(H,15,17). The van der Waals surface area contributed by atoms with Crippen molar-refractivity contribution in [1.29, 1.82) is 0 Å². The Morgan fingerprint density at radius 2 is 2.06 bits per heavy atom. The maximum atomic E-state index is 11.6. The number of rotatable bonds is 6. The van der Waals surface area contributed by atoms with Gasteiger partial charge in [-0.1, -0.05) is 19.1 Å². The molecular formula is C13H21N3O2. The molecule has 0 bridgehead atoms. The third kappa shape index (κ3) is 3.72. The average Bonchev–Trinajstić information content (AvgIpc) is 2.40. The van der Waals surface area contributed by atoms with Crippen molar-refractivity contribution in [2.24, 2.45) is 5.84 Å². The van der Waals surface area contributed by atoms with Gasteiger partial charge in [0.05, 0.1) is 13.2 Å². The third-order valence-electron chi connectivity index (χ3n) is 2.95. The van der Waals surface area contributed by atoms with Gasteiger partial charge in [0.25, 0.3) is 5.91 Å². The summed E-state index contributed by atoms with van der Waals surface area (Å²) in [5.74, 6) is 5.84. The van der Waals surface area contributed by atoms with E-state index in [9.17, 15) is 4.79 Å². The fourth-order valence-electron chi connectivity index (χ4n) is 1.92. The maximum absolute atomic E-state index is 11.6. The molecule has 1 unspecified atom stereocenters. The van der Waals surface area contributed by atoms with Crippen molar-refractivity contribution in [3.63, 3.8) is 0 Å². The number of hydrogen-bond acceptors (Lipinski definition) is 4. The fraction of sp³-hybridized carbons (Fsp3) is 0.462. The van der Waals surface area contributed by atoms with Gasteiger partial charge in [-0.2, -0.15) is 0 Å². The molecule has 1 atom stereocenters. The summed E-state index contributed by atoms with van der Waals surface area (Å²) >= 11 is 0. The van der Waals surface area contributed by atoms with Crippen LogP contribution in [-0.4, -0.2) is 31.0 Å². The average molecular weight is 251 g/mol. The summed E-state index contributed by atoms with van der Waals surface area (Å²) in [6, 6.07) is 7.59. The second kappa shape index (κ2) is 6.98. The minimum atomic E-state index is -0.211. The van der Waals surface area contributed by atoms with Gasteiger partial charge < -0.3 is 4.74 Å². The number of methoxy groups -OCH3 is 1. The molecule has 1 aromatic rings. The zero-order valence-electron chi connectivity index (χ0n) is 11.1. The van der Waals surface area contributed by atoms with Gasteiger partial charge in [0, 0.05) is 6.54 Å². The highest BCUT2D eigenvalue weighted by Crippen LogP contribution is 2.14. The van der Waals surface area contributed by atoms with Crippen molar-refractivity contribution in [2.75, 3.05) is 14.2 Å². The predicted octanol–water partition coefficient (Wildman–Crippen LogP) is 0.896. The molecule has 3 N–H and O–H groups in total. The van der Waals surface area contributed by atoms with Crippen LogP contribution >= 0.6 is 0 Å². The van der Waals surface area contributed by atoms with Crippen LogP contribution in [0.3, 0.4) is 0 Å². The van der Waals surface area contributed by atoms with E-state index in [1.807, 2.05) is 43.1 Å². The molecule has 0 aliphatic heterocycles. The van der Waals surface area contributed by atoms with E-state index in [1.165, 1.54) is 0 Å². The normalized spacial score (nSPS) is 12.3. The number of likely N-dealkylation sites (N-methyl/N-ethyl adjacent to an activating group) is 1. The molecule has 1 amide bonds. The van der Waals surface area contributed by atoms with Crippen LogP contribution in [0.5, 0.6) is 5.75 Å². The molecule has 1 rings (SSSR count). The Balaban J connectivity index is 2.66. The Bertz CT molecular complexity index is 378. The minimum absolute atomic E-state index is 0.159. The predicted molar refractivity (Wildman–Crippen MR) is 70.9 cm³/mol. The molecule has 0 aromatic heterocycles. The Morgan fingerprint density at radius 1 is 1.44 bits per heavy atom. The van der Waals surface area contributed by atoms with Crippen LogP contribution < -0.4 is 16.0 Å². The van der Waals surface area contributed by atoms with Crippen LogP contribution in [0.2, 0.25) is 0 Å². The number of hydrogen-bond donors (Lipinski definition) is 2. The lowest BCUT2D eigenvalue weighted by Gasteiger charge is -2.25. The second-order valence-electron chi connectivity index (χ2n) is 4.20. The van der Waals surface area contributed by atoms with Crippen molar-refractivity contribution < 1.29 is 9.53 Å². The zero-order valence-corrected chi connectivity index (χ0v) is 11.1. The third-order valence-corrected chi connectivity index (χ3v) is 2.95. The number of nitrogens with one attached hydrogen (secondary N) is 1. The molecule has 0 radical (unpaired) electrons. The first-order valence-corrected chi connectivity index (χ1v) is 5.96. The van der Waals surface area contributed by atoms with Crippen LogP contribution in [0, 0.1) is 0 Å². The van der Waals surface area contributed by atoms with E-state index in [-0.39, 0.29) is 11.9 Å². The van der Waals surface area contributed by atoms with Gasteiger partial charge in [-0.3, -0.25) is 15.1 Å². The quantitative estimate of drug-likeness (QED) is 0.448. The molecule has 0 saturated carbocycles. The SMILES string of the molecule is CCC(C(=O)NN)N(C)Cc1ccc(OC)cc1. The van der Waals surface area contributed by atoms with E-state index in [0.717, 1.165) is 17.7 Å². The molecule has 18 heavy (non-hydrogen) atoms. The first kappa shape index (κ1) is 14.5. The number of benzene rings is 1. The van der Waals surface area contributed by atoms with Gasteiger partial charge in [0.1, 0.15) is 5.75 Å². The highest BCUT2D eigenvalue weighted by molar-refractivity contribution is 5.80. The van der Waals surface area contributed by atoms with E-state index in [2.05, 4.69) is 5.43 Å². The van der Waals surface area contributed by atoms with Crippen LogP contribution in [0.1, 0.15) is 18.9 Å². The number of hydrazine groups is 1. The minimum Gasteiger partial charge on any atom is -0.497 e. The summed E-state index contributed by atoms with van der Waals surface area (Å²) < 4.78 is 5.10. The second-order valence-corrected chi connectivity index (χ2v) is 4.20. The molecule has 100 valence electrons. The zero-order chi connectivity index (χ0) is 13.5. The summed E-state index contributed by atoms with van der Waals surface area (Å²) in [5.41, 5.74) is 3.33. The van der Waals surface area contributed by atoms with Gasteiger partial charge in [0.15, 0.2) is 0 Å². The van der Waals surface area contributed by atoms with Crippen molar-refractivity contribution >= 4 is 5.91 Å². The number of carbonyl (C=O) groups excluding carboxylic acids is 1.